The molecule has 6 nitrogen and oxygen atoms in total. The molecule has 0 spiro atoms. The number of halogens is 1. The lowest BCUT2D eigenvalue weighted by atomic mass is 10.2. The van der Waals surface area contributed by atoms with Crippen LogP contribution < -0.4 is 10.1 Å². The van der Waals surface area contributed by atoms with Crippen LogP contribution in [0.25, 0.3) is 0 Å². The fraction of sp³-hybridized carbons (Fsp3) is 0.632. The summed E-state index contributed by atoms with van der Waals surface area (Å²) in [7, 11) is 3.64. The third-order valence-corrected chi connectivity index (χ3v) is 3.49. The molecule has 26 heavy (non-hydrogen) atoms. The molecule has 1 atom stereocenters. The number of benzene rings is 1. The van der Waals surface area contributed by atoms with Gasteiger partial charge in [-0.25, -0.2) is 0 Å². The first-order chi connectivity index (χ1) is 12.0. The summed E-state index contributed by atoms with van der Waals surface area (Å²) in [5.74, 6) is 2.07. The molecule has 1 unspecified atom stereocenters. The smallest absolute Gasteiger partial charge is 0.194 e. The molecular formula is C19H34IN3O3. The zero-order chi connectivity index (χ0) is 18.7. The van der Waals surface area contributed by atoms with Gasteiger partial charge in [0, 0.05) is 26.7 Å². The van der Waals surface area contributed by atoms with Crippen molar-refractivity contribution in [3.63, 3.8) is 0 Å². The predicted molar refractivity (Wildman–Crippen MR) is 118 cm³/mol. The second-order valence-electron chi connectivity index (χ2n) is 6.48. The number of guanidine groups is 1. The van der Waals surface area contributed by atoms with Crippen LogP contribution >= 0.6 is 24.0 Å². The van der Waals surface area contributed by atoms with E-state index in [1.807, 2.05) is 43.1 Å². The summed E-state index contributed by atoms with van der Waals surface area (Å²) >= 11 is 0. The van der Waals surface area contributed by atoms with Gasteiger partial charge < -0.3 is 24.8 Å². The molecular weight excluding hydrogens is 445 g/mol. The predicted octanol–water partition coefficient (Wildman–Crippen LogP) is 2.74. The molecule has 0 amide bonds. The third-order valence-electron chi connectivity index (χ3n) is 3.49. The van der Waals surface area contributed by atoms with Crippen molar-refractivity contribution in [3.8, 4) is 5.75 Å². The minimum Gasteiger partial charge on any atom is -0.497 e. The molecule has 2 N–H and O–H groups in total. The quantitative estimate of drug-likeness (QED) is 0.307. The van der Waals surface area contributed by atoms with Crippen molar-refractivity contribution >= 4 is 29.9 Å². The maximum atomic E-state index is 10.0. The maximum Gasteiger partial charge on any atom is 0.194 e. The molecule has 0 saturated heterocycles. The highest BCUT2D eigenvalue weighted by Gasteiger charge is 2.09. The van der Waals surface area contributed by atoms with E-state index in [-0.39, 0.29) is 24.0 Å². The van der Waals surface area contributed by atoms with E-state index in [9.17, 15) is 5.11 Å². The number of aliphatic hydroxyl groups excluding tert-OH is 1. The summed E-state index contributed by atoms with van der Waals surface area (Å²) in [6, 6.07) is 7.97. The zero-order valence-corrected chi connectivity index (χ0v) is 18.9. The van der Waals surface area contributed by atoms with Crippen molar-refractivity contribution < 1.29 is 14.6 Å². The van der Waals surface area contributed by atoms with Crippen LogP contribution in [0.15, 0.2) is 29.3 Å². The largest absolute Gasteiger partial charge is 0.497 e. The zero-order valence-electron chi connectivity index (χ0n) is 16.6. The molecule has 0 bridgehead atoms. The van der Waals surface area contributed by atoms with Crippen LogP contribution in [0.2, 0.25) is 0 Å². The van der Waals surface area contributed by atoms with Gasteiger partial charge in [0.05, 0.1) is 26.4 Å². The Bertz CT molecular complexity index is 509. The van der Waals surface area contributed by atoms with Crippen molar-refractivity contribution in [3.05, 3.63) is 29.8 Å². The SMILES string of the molecule is CCNC(=NCC(O)COCC(C)C)N(C)Cc1ccc(OC)cc1.I. The Hall–Kier alpha value is -1.06. The Kier molecular flexibility index (Phi) is 13.5. The van der Waals surface area contributed by atoms with Gasteiger partial charge in [-0.05, 0) is 30.5 Å². The Labute approximate surface area is 175 Å². The van der Waals surface area contributed by atoms with Gasteiger partial charge in [-0.3, -0.25) is 4.99 Å². The number of rotatable bonds is 10. The highest BCUT2D eigenvalue weighted by atomic mass is 127. The van der Waals surface area contributed by atoms with Crippen LogP contribution in [0.4, 0.5) is 0 Å². The van der Waals surface area contributed by atoms with Crippen LogP contribution in [0.5, 0.6) is 5.75 Å². The van der Waals surface area contributed by atoms with E-state index in [2.05, 4.69) is 24.2 Å². The minimum atomic E-state index is -0.596. The highest BCUT2D eigenvalue weighted by Crippen LogP contribution is 2.12. The first-order valence-electron chi connectivity index (χ1n) is 8.84. The molecule has 0 fully saturated rings. The number of ether oxygens (including phenoxy) is 2. The Morgan fingerprint density at radius 2 is 1.88 bits per heavy atom. The molecule has 0 aromatic heterocycles. The van der Waals surface area contributed by atoms with Gasteiger partial charge in [-0.2, -0.15) is 0 Å². The second kappa shape index (κ2) is 14.1. The molecule has 0 aliphatic rings. The number of nitrogens with zero attached hydrogens (tertiary/aromatic N) is 2. The summed E-state index contributed by atoms with van der Waals surface area (Å²) < 4.78 is 10.6. The van der Waals surface area contributed by atoms with Crippen LogP contribution in [-0.2, 0) is 11.3 Å². The molecule has 0 aliphatic carbocycles. The Morgan fingerprint density at radius 1 is 1.23 bits per heavy atom. The fourth-order valence-corrected chi connectivity index (χ4v) is 2.23. The lowest BCUT2D eigenvalue weighted by molar-refractivity contribution is 0.0300. The standard InChI is InChI=1S/C19H33N3O3.HI/c1-6-20-19(21-11-17(23)14-25-13-15(2)3)22(4)12-16-7-9-18(24-5)10-8-16;/h7-10,15,17,23H,6,11-14H2,1-5H3,(H,20,21);1H. The third kappa shape index (κ3) is 10.2. The normalized spacial score (nSPS) is 12.5. The number of methoxy groups -OCH3 is 1. The minimum absolute atomic E-state index is 0. The van der Waals surface area contributed by atoms with Crippen LogP contribution in [-0.4, -0.2) is 62.5 Å². The number of nitrogens with one attached hydrogen (secondary N) is 1. The van der Waals surface area contributed by atoms with Crippen molar-refractivity contribution in [2.24, 2.45) is 10.9 Å². The van der Waals surface area contributed by atoms with Crippen molar-refractivity contribution in [2.45, 2.75) is 33.4 Å². The van der Waals surface area contributed by atoms with E-state index in [4.69, 9.17) is 9.47 Å². The van der Waals surface area contributed by atoms with Crippen molar-refractivity contribution in [2.75, 3.05) is 40.5 Å². The van der Waals surface area contributed by atoms with E-state index >= 15 is 0 Å². The molecule has 1 aromatic rings. The van der Waals surface area contributed by atoms with E-state index in [1.54, 1.807) is 7.11 Å². The van der Waals surface area contributed by atoms with Crippen molar-refractivity contribution in [1.82, 2.24) is 10.2 Å². The molecule has 0 saturated carbocycles. The summed E-state index contributed by atoms with van der Waals surface area (Å²) in [6.45, 7) is 8.96. The van der Waals surface area contributed by atoms with E-state index in [1.165, 1.54) is 0 Å². The molecule has 1 rings (SSSR count). The van der Waals surface area contributed by atoms with Gasteiger partial charge in [0.15, 0.2) is 5.96 Å². The van der Waals surface area contributed by atoms with Crippen LogP contribution in [0.3, 0.4) is 0 Å². The molecule has 7 heteroatoms. The molecule has 1 aromatic carbocycles. The van der Waals surface area contributed by atoms with E-state index in [0.29, 0.717) is 25.7 Å². The van der Waals surface area contributed by atoms with E-state index in [0.717, 1.165) is 30.4 Å². The monoisotopic (exact) mass is 479 g/mol. The second-order valence-corrected chi connectivity index (χ2v) is 6.48. The first-order valence-corrected chi connectivity index (χ1v) is 8.84. The summed E-state index contributed by atoms with van der Waals surface area (Å²) in [6.07, 6.45) is -0.596. The Balaban J connectivity index is 0.00000625. The van der Waals surface area contributed by atoms with Gasteiger partial charge >= 0.3 is 0 Å². The number of aliphatic imine (C=N–C) groups is 1. The van der Waals surface area contributed by atoms with Gasteiger partial charge in [0.25, 0.3) is 0 Å². The van der Waals surface area contributed by atoms with Gasteiger partial charge in [-0.1, -0.05) is 26.0 Å². The topological polar surface area (TPSA) is 66.3 Å². The summed E-state index contributed by atoms with van der Waals surface area (Å²) in [5.41, 5.74) is 1.16. The molecule has 0 heterocycles. The molecule has 150 valence electrons. The van der Waals surface area contributed by atoms with Crippen LogP contribution in [0.1, 0.15) is 26.3 Å². The van der Waals surface area contributed by atoms with Gasteiger partial charge in [-0.15, -0.1) is 24.0 Å². The number of hydrogen-bond donors (Lipinski definition) is 2. The fourth-order valence-electron chi connectivity index (χ4n) is 2.23. The average Bonchev–Trinajstić information content (AvgIpc) is 2.58. The average molecular weight is 479 g/mol. The highest BCUT2D eigenvalue weighted by molar-refractivity contribution is 14.0. The van der Waals surface area contributed by atoms with Gasteiger partial charge in [0.1, 0.15) is 5.75 Å². The summed E-state index contributed by atoms with van der Waals surface area (Å²) in [5, 5.41) is 13.3. The summed E-state index contributed by atoms with van der Waals surface area (Å²) in [4.78, 5) is 6.55. The van der Waals surface area contributed by atoms with Crippen LogP contribution in [0, 0.1) is 5.92 Å². The lowest BCUT2D eigenvalue weighted by Gasteiger charge is -2.23. The Morgan fingerprint density at radius 3 is 2.42 bits per heavy atom. The van der Waals surface area contributed by atoms with E-state index < -0.39 is 6.10 Å². The van der Waals surface area contributed by atoms with Crippen molar-refractivity contribution in [1.29, 1.82) is 0 Å². The lowest BCUT2D eigenvalue weighted by Crippen LogP contribution is -2.39. The molecule has 0 aliphatic heterocycles. The first kappa shape index (κ1) is 24.9. The van der Waals surface area contributed by atoms with Gasteiger partial charge in [0.2, 0.25) is 0 Å². The number of aliphatic hydroxyl groups is 1. The number of hydrogen-bond acceptors (Lipinski definition) is 4. The molecule has 0 radical (unpaired) electrons. The maximum absolute atomic E-state index is 10.0.